The molecule has 0 aliphatic carbocycles. The number of aromatic carboxylic acids is 1. The summed E-state index contributed by atoms with van der Waals surface area (Å²) in [5.74, 6) is -1.36. The van der Waals surface area contributed by atoms with Gasteiger partial charge < -0.3 is 5.11 Å². The average molecular weight is 326 g/mol. The summed E-state index contributed by atoms with van der Waals surface area (Å²) in [6.07, 6.45) is 0.546. The first-order valence-electron chi connectivity index (χ1n) is 6.19. The summed E-state index contributed by atoms with van der Waals surface area (Å²) in [5, 5.41) is 8.98. The first kappa shape index (κ1) is 15.6. The number of sulfonamides is 1. The van der Waals surface area contributed by atoms with Gasteiger partial charge in [0.15, 0.2) is 9.90 Å². The maximum absolute atomic E-state index is 12.4. The molecule has 112 valence electrons. The molecule has 1 unspecified atom stereocenters. The Labute approximate surface area is 126 Å². The maximum Gasteiger partial charge on any atom is 0.356 e. The smallest absolute Gasteiger partial charge is 0.356 e. The van der Waals surface area contributed by atoms with E-state index in [1.54, 1.807) is 0 Å². The number of hydrogen-bond acceptors (Lipinski definition) is 5. The normalized spacial score (nSPS) is 13.0. The number of hydrogen-bond donors (Lipinski definition) is 2. The number of carboxylic acid groups (broad SMARTS) is 1. The third-order valence-electron chi connectivity index (χ3n) is 2.89. The third-order valence-corrected chi connectivity index (χ3v) is 5.73. The van der Waals surface area contributed by atoms with Crippen LogP contribution in [-0.4, -0.2) is 24.5 Å². The second-order valence-electron chi connectivity index (χ2n) is 4.29. The van der Waals surface area contributed by atoms with Crippen LogP contribution in [0.2, 0.25) is 0 Å². The Hall–Kier alpha value is -1.77. The van der Waals surface area contributed by atoms with Gasteiger partial charge in [0, 0.05) is 6.04 Å². The number of rotatable bonds is 6. The van der Waals surface area contributed by atoms with Crippen molar-refractivity contribution >= 4 is 27.3 Å². The molecule has 1 atom stereocenters. The monoisotopic (exact) mass is 326 g/mol. The van der Waals surface area contributed by atoms with Crippen molar-refractivity contribution in [3.63, 3.8) is 0 Å². The SMILES string of the molecule is CCC(NS(=O)(=O)c1scnc1C(=O)O)c1ccccc1. The van der Waals surface area contributed by atoms with E-state index in [0.29, 0.717) is 6.42 Å². The van der Waals surface area contributed by atoms with Crippen molar-refractivity contribution in [1.82, 2.24) is 9.71 Å². The predicted molar refractivity (Wildman–Crippen MR) is 78.9 cm³/mol. The summed E-state index contributed by atoms with van der Waals surface area (Å²) in [6, 6.07) is 8.71. The van der Waals surface area contributed by atoms with Crippen LogP contribution in [0, 0.1) is 0 Å². The van der Waals surface area contributed by atoms with Crippen molar-refractivity contribution in [2.75, 3.05) is 0 Å². The molecule has 0 aliphatic heterocycles. The minimum Gasteiger partial charge on any atom is -0.476 e. The van der Waals surface area contributed by atoms with Crippen LogP contribution in [0.5, 0.6) is 0 Å². The van der Waals surface area contributed by atoms with E-state index < -0.39 is 27.7 Å². The fraction of sp³-hybridized carbons (Fsp3) is 0.231. The average Bonchev–Trinajstić information content (AvgIpc) is 2.96. The van der Waals surface area contributed by atoms with Crippen LogP contribution in [0.15, 0.2) is 40.1 Å². The highest BCUT2D eigenvalue weighted by Gasteiger charge is 2.28. The van der Waals surface area contributed by atoms with Gasteiger partial charge in [-0.3, -0.25) is 0 Å². The van der Waals surface area contributed by atoms with E-state index in [2.05, 4.69) is 9.71 Å². The van der Waals surface area contributed by atoms with Gasteiger partial charge in [-0.25, -0.2) is 22.9 Å². The highest BCUT2D eigenvalue weighted by molar-refractivity contribution is 7.91. The fourth-order valence-corrected chi connectivity index (χ4v) is 4.35. The molecule has 0 radical (unpaired) electrons. The van der Waals surface area contributed by atoms with Crippen LogP contribution in [0.25, 0.3) is 0 Å². The topological polar surface area (TPSA) is 96.4 Å². The Kier molecular flexibility index (Phi) is 4.71. The molecule has 0 fully saturated rings. The standard InChI is InChI=1S/C13H14N2O4S2/c1-2-10(9-6-4-3-5-7-9)15-21(18,19)13-11(12(16)17)14-8-20-13/h3-8,10,15H,2H2,1H3,(H,16,17). The predicted octanol–water partition coefficient (Wildman–Crippen LogP) is 2.27. The molecule has 21 heavy (non-hydrogen) atoms. The highest BCUT2D eigenvalue weighted by Crippen LogP contribution is 2.24. The Balaban J connectivity index is 2.32. The molecule has 0 spiro atoms. The van der Waals surface area contributed by atoms with Crippen LogP contribution in [-0.2, 0) is 10.0 Å². The summed E-state index contributed by atoms with van der Waals surface area (Å²) in [4.78, 5) is 14.6. The van der Waals surface area contributed by atoms with Gasteiger partial charge in [-0.15, -0.1) is 11.3 Å². The Morgan fingerprint density at radius 1 is 1.38 bits per heavy atom. The lowest BCUT2D eigenvalue weighted by Gasteiger charge is -2.17. The first-order valence-corrected chi connectivity index (χ1v) is 8.56. The van der Waals surface area contributed by atoms with Crippen molar-refractivity contribution in [2.45, 2.75) is 23.6 Å². The van der Waals surface area contributed by atoms with E-state index in [9.17, 15) is 13.2 Å². The number of nitrogens with one attached hydrogen (secondary N) is 1. The summed E-state index contributed by atoms with van der Waals surface area (Å²) < 4.78 is 27.0. The van der Waals surface area contributed by atoms with Crippen molar-refractivity contribution in [3.05, 3.63) is 47.1 Å². The van der Waals surface area contributed by atoms with Crippen LogP contribution in [0.1, 0.15) is 35.4 Å². The number of thiazole rings is 1. The van der Waals surface area contributed by atoms with Gasteiger partial charge in [-0.1, -0.05) is 37.3 Å². The number of benzene rings is 1. The van der Waals surface area contributed by atoms with E-state index in [4.69, 9.17) is 5.11 Å². The molecule has 1 aromatic heterocycles. The molecular weight excluding hydrogens is 312 g/mol. The van der Waals surface area contributed by atoms with E-state index in [1.165, 1.54) is 5.51 Å². The first-order chi connectivity index (χ1) is 9.95. The largest absolute Gasteiger partial charge is 0.476 e. The van der Waals surface area contributed by atoms with Crippen LogP contribution < -0.4 is 4.72 Å². The minimum atomic E-state index is -3.93. The van der Waals surface area contributed by atoms with Gasteiger partial charge in [0.25, 0.3) is 10.0 Å². The summed E-state index contributed by atoms with van der Waals surface area (Å²) in [5.41, 5.74) is 1.59. The lowest BCUT2D eigenvalue weighted by atomic mass is 10.1. The molecule has 8 heteroatoms. The minimum absolute atomic E-state index is 0.274. The maximum atomic E-state index is 12.4. The molecule has 0 amide bonds. The zero-order valence-electron chi connectivity index (χ0n) is 11.2. The lowest BCUT2D eigenvalue weighted by molar-refractivity contribution is 0.0687. The molecule has 2 rings (SSSR count). The quantitative estimate of drug-likeness (QED) is 0.849. The lowest BCUT2D eigenvalue weighted by Crippen LogP contribution is -2.28. The van der Waals surface area contributed by atoms with Crippen molar-refractivity contribution in [1.29, 1.82) is 0 Å². The second-order valence-corrected chi connectivity index (χ2v) is 7.05. The van der Waals surface area contributed by atoms with E-state index in [1.807, 2.05) is 37.3 Å². The van der Waals surface area contributed by atoms with Gasteiger partial charge in [0.1, 0.15) is 0 Å². The van der Waals surface area contributed by atoms with Gasteiger partial charge in [-0.05, 0) is 12.0 Å². The zero-order chi connectivity index (χ0) is 15.5. The summed E-state index contributed by atoms with van der Waals surface area (Å²) >= 11 is 0.790. The molecule has 1 heterocycles. The van der Waals surface area contributed by atoms with Gasteiger partial charge in [0.05, 0.1) is 5.51 Å². The zero-order valence-corrected chi connectivity index (χ0v) is 12.8. The van der Waals surface area contributed by atoms with Crippen molar-refractivity contribution in [2.24, 2.45) is 0 Å². The van der Waals surface area contributed by atoms with Crippen LogP contribution in [0.4, 0.5) is 0 Å². The number of aromatic nitrogens is 1. The van der Waals surface area contributed by atoms with Gasteiger partial charge in [0.2, 0.25) is 0 Å². The molecule has 1 aromatic carbocycles. The molecule has 0 aliphatic rings. The van der Waals surface area contributed by atoms with Gasteiger partial charge >= 0.3 is 5.97 Å². The third kappa shape index (κ3) is 3.46. The molecule has 2 N–H and O–H groups in total. The Bertz CT molecular complexity index is 726. The molecule has 0 saturated carbocycles. The van der Waals surface area contributed by atoms with Crippen molar-refractivity contribution in [3.8, 4) is 0 Å². The molecule has 2 aromatic rings. The molecular formula is C13H14N2O4S2. The highest BCUT2D eigenvalue weighted by atomic mass is 32.2. The van der Waals surface area contributed by atoms with E-state index >= 15 is 0 Å². The van der Waals surface area contributed by atoms with E-state index in [0.717, 1.165) is 16.9 Å². The number of nitrogens with zero attached hydrogens (tertiary/aromatic N) is 1. The number of carbonyl (C=O) groups is 1. The van der Waals surface area contributed by atoms with Crippen molar-refractivity contribution < 1.29 is 18.3 Å². The Morgan fingerprint density at radius 3 is 2.62 bits per heavy atom. The molecule has 0 bridgehead atoms. The molecule has 6 nitrogen and oxygen atoms in total. The van der Waals surface area contributed by atoms with E-state index in [-0.39, 0.29) is 4.21 Å². The molecule has 0 saturated heterocycles. The fourth-order valence-electron chi connectivity index (χ4n) is 1.88. The summed E-state index contributed by atoms with van der Waals surface area (Å²) in [6.45, 7) is 1.85. The van der Waals surface area contributed by atoms with Crippen LogP contribution in [0.3, 0.4) is 0 Å². The second kappa shape index (κ2) is 6.33. The van der Waals surface area contributed by atoms with Crippen LogP contribution >= 0.6 is 11.3 Å². The summed E-state index contributed by atoms with van der Waals surface area (Å²) in [7, 11) is -3.93. The van der Waals surface area contributed by atoms with Gasteiger partial charge in [-0.2, -0.15) is 0 Å². The Morgan fingerprint density at radius 2 is 2.05 bits per heavy atom. The number of carboxylic acids is 1.